The molecule has 0 spiro atoms. The van der Waals surface area contributed by atoms with E-state index in [2.05, 4.69) is 20.1 Å². The number of aromatic nitrogens is 4. The summed E-state index contributed by atoms with van der Waals surface area (Å²) in [7, 11) is 0. The molecule has 1 aliphatic heterocycles. The van der Waals surface area contributed by atoms with Gasteiger partial charge in [0.05, 0.1) is 25.5 Å². The predicted molar refractivity (Wildman–Crippen MR) is 83.7 cm³/mol. The molecule has 0 aromatic carbocycles. The standard InChI is InChI=1S/C16H23N5O/c1-14-11-16(4-5-17-14)22-13-15-3-2-8-20(12-15)9-10-21-18-6-7-19-21/h4-7,11,15H,2-3,8-10,12-13H2,1H3. The molecule has 1 atom stereocenters. The fraction of sp³-hybridized carbons (Fsp3) is 0.562. The summed E-state index contributed by atoms with van der Waals surface area (Å²) >= 11 is 0. The summed E-state index contributed by atoms with van der Waals surface area (Å²) in [5.41, 5.74) is 0.995. The molecular weight excluding hydrogens is 278 g/mol. The molecule has 0 aliphatic carbocycles. The molecule has 0 bridgehead atoms. The minimum atomic E-state index is 0.591. The second-order valence-electron chi connectivity index (χ2n) is 5.88. The second-order valence-corrected chi connectivity index (χ2v) is 5.88. The number of hydrogen-bond donors (Lipinski definition) is 0. The first-order valence-electron chi connectivity index (χ1n) is 7.91. The normalized spacial score (nSPS) is 19.2. The number of aryl methyl sites for hydroxylation is 1. The van der Waals surface area contributed by atoms with Gasteiger partial charge in [0, 0.05) is 37.0 Å². The maximum absolute atomic E-state index is 5.93. The molecule has 118 valence electrons. The zero-order valence-corrected chi connectivity index (χ0v) is 13.1. The van der Waals surface area contributed by atoms with Crippen LogP contribution in [-0.2, 0) is 6.54 Å². The van der Waals surface area contributed by atoms with Crippen molar-refractivity contribution in [2.24, 2.45) is 5.92 Å². The van der Waals surface area contributed by atoms with Gasteiger partial charge in [0.1, 0.15) is 5.75 Å². The molecule has 0 amide bonds. The lowest BCUT2D eigenvalue weighted by Gasteiger charge is -2.32. The first-order valence-corrected chi connectivity index (χ1v) is 7.91. The van der Waals surface area contributed by atoms with E-state index in [9.17, 15) is 0 Å². The van der Waals surface area contributed by atoms with Gasteiger partial charge in [-0.2, -0.15) is 15.0 Å². The second kappa shape index (κ2) is 7.35. The fourth-order valence-electron chi connectivity index (χ4n) is 2.90. The lowest BCUT2D eigenvalue weighted by molar-refractivity contribution is 0.125. The van der Waals surface area contributed by atoms with Gasteiger partial charge in [-0.05, 0) is 32.4 Å². The van der Waals surface area contributed by atoms with Crippen LogP contribution in [0.3, 0.4) is 0 Å². The van der Waals surface area contributed by atoms with Crippen LogP contribution in [0.15, 0.2) is 30.7 Å². The number of rotatable bonds is 6. The summed E-state index contributed by atoms with van der Waals surface area (Å²) in [6.07, 6.45) is 7.72. The molecular formula is C16H23N5O. The van der Waals surface area contributed by atoms with Crippen LogP contribution < -0.4 is 4.74 Å². The minimum Gasteiger partial charge on any atom is -0.493 e. The first-order chi connectivity index (χ1) is 10.8. The first kappa shape index (κ1) is 15.0. The highest BCUT2D eigenvalue weighted by molar-refractivity contribution is 5.21. The quantitative estimate of drug-likeness (QED) is 0.814. The summed E-state index contributed by atoms with van der Waals surface area (Å²) < 4.78 is 5.93. The summed E-state index contributed by atoms with van der Waals surface area (Å²) in [5, 5.41) is 8.30. The summed E-state index contributed by atoms with van der Waals surface area (Å²) in [6, 6.07) is 3.92. The number of pyridine rings is 1. The molecule has 2 aromatic heterocycles. The number of hydrogen-bond acceptors (Lipinski definition) is 5. The van der Waals surface area contributed by atoms with Gasteiger partial charge in [-0.15, -0.1) is 0 Å². The van der Waals surface area contributed by atoms with Gasteiger partial charge in [-0.3, -0.25) is 4.98 Å². The highest BCUT2D eigenvalue weighted by Crippen LogP contribution is 2.19. The Hall–Kier alpha value is -1.95. The van der Waals surface area contributed by atoms with Crippen molar-refractivity contribution in [3.05, 3.63) is 36.4 Å². The molecule has 6 nitrogen and oxygen atoms in total. The maximum atomic E-state index is 5.93. The third kappa shape index (κ3) is 4.27. The smallest absolute Gasteiger partial charge is 0.122 e. The van der Waals surface area contributed by atoms with Gasteiger partial charge in [0.2, 0.25) is 0 Å². The van der Waals surface area contributed by atoms with Crippen LogP contribution in [-0.4, -0.2) is 51.1 Å². The van der Waals surface area contributed by atoms with Crippen molar-refractivity contribution < 1.29 is 4.74 Å². The van der Waals surface area contributed by atoms with Crippen molar-refractivity contribution in [3.8, 4) is 5.75 Å². The molecule has 6 heteroatoms. The van der Waals surface area contributed by atoms with E-state index in [-0.39, 0.29) is 0 Å². The van der Waals surface area contributed by atoms with Crippen molar-refractivity contribution in [1.29, 1.82) is 0 Å². The van der Waals surface area contributed by atoms with Crippen molar-refractivity contribution in [2.45, 2.75) is 26.3 Å². The zero-order chi connectivity index (χ0) is 15.2. The molecule has 3 rings (SSSR count). The van der Waals surface area contributed by atoms with Crippen molar-refractivity contribution in [1.82, 2.24) is 24.9 Å². The zero-order valence-electron chi connectivity index (χ0n) is 13.1. The van der Waals surface area contributed by atoms with E-state index in [1.807, 2.05) is 19.1 Å². The van der Waals surface area contributed by atoms with Gasteiger partial charge < -0.3 is 9.64 Å². The van der Waals surface area contributed by atoms with Crippen molar-refractivity contribution in [2.75, 3.05) is 26.2 Å². The van der Waals surface area contributed by atoms with E-state index in [0.29, 0.717) is 5.92 Å². The van der Waals surface area contributed by atoms with Gasteiger partial charge in [-0.25, -0.2) is 0 Å². The Morgan fingerprint density at radius 2 is 2.09 bits per heavy atom. The topological polar surface area (TPSA) is 56.1 Å². The summed E-state index contributed by atoms with van der Waals surface area (Å²) in [5.74, 6) is 1.51. The largest absolute Gasteiger partial charge is 0.493 e. The molecule has 0 N–H and O–H groups in total. The molecule has 2 aromatic rings. The van der Waals surface area contributed by atoms with E-state index < -0.39 is 0 Å². The van der Waals surface area contributed by atoms with Crippen LogP contribution >= 0.6 is 0 Å². The van der Waals surface area contributed by atoms with Crippen LogP contribution in [0.5, 0.6) is 5.75 Å². The van der Waals surface area contributed by atoms with E-state index in [0.717, 1.165) is 44.2 Å². The van der Waals surface area contributed by atoms with Crippen LogP contribution in [0.25, 0.3) is 0 Å². The Morgan fingerprint density at radius 3 is 2.91 bits per heavy atom. The molecule has 22 heavy (non-hydrogen) atoms. The van der Waals surface area contributed by atoms with E-state index in [1.165, 1.54) is 12.8 Å². The highest BCUT2D eigenvalue weighted by atomic mass is 16.5. The monoisotopic (exact) mass is 301 g/mol. The van der Waals surface area contributed by atoms with Gasteiger partial charge in [-0.1, -0.05) is 0 Å². The fourth-order valence-corrected chi connectivity index (χ4v) is 2.90. The number of nitrogens with zero attached hydrogens (tertiary/aromatic N) is 5. The molecule has 1 unspecified atom stereocenters. The van der Waals surface area contributed by atoms with Crippen molar-refractivity contribution in [3.63, 3.8) is 0 Å². The van der Waals surface area contributed by atoms with Gasteiger partial charge in [0.15, 0.2) is 0 Å². The third-order valence-corrected chi connectivity index (χ3v) is 4.04. The molecule has 1 aliphatic rings. The Bertz CT molecular complexity index is 572. The number of ether oxygens (including phenoxy) is 1. The van der Waals surface area contributed by atoms with E-state index in [4.69, 9.17) is 4.74 Å². The Balaban J connectivity index is 1.44. The average Bonchev–Trinajstić information content (AvgIpc) is 3.05. The SMILES string of the molecule is Cc1cc(OCC2CCCN(CCn3nccn3)C2)ccn1. The molecule has 3 heterocycles. The third-order valence-electron chi connectivity index (χ3n) is 4.04. The van der Waals surface area contributed by atoms with Gasteiger partial charge >= 0.3 is 0 Å². The van der Waals surface area contributed by atoms with Crippen molar-refractivity contribution >= 4 is 0 Å². The number of likely N-dealkylation sites (tertiary alicyclic amines) is 1. The summed E-state index contributed by atoms with van der Waals surface area (Å²) in [4.78, 5) is 8.43. The highest BCUT2D eigenvalue weighted by Gasteiger charge is 2.20. The lowest BCUT2D eigenvalue weighted by Crippen LogP contribution is -2.39. The van der Waals surface area contributed by atoms with Gasteiger partial charge in [0.25, 0.3) is 0 Å². The van der Waals surface area contributed by atoms with E-state index >= 15 is 0 Å². The lowest BCUT2D eigenvalue weighted by atomic mass is 9.99. The minimum absolute atomic E-state index is 0.591. The molecule has 0 radical (unpaired) electrons. The van der Waals surface area contributed by atoms with Crippen LogP contribution in [0.1, 0.15) is 18.5 Å². The summed E-state index contributed by atoms with van der Waals surface area (Å²) in [6.45, 7) is 6.86. The molecule has 1 fully saturated rings. The Labute approximate surface area is 131 Å². The Kier molecular flexibility index (Phi) is 5.00. The van der Waals surface area contributed by atoms with Crippen LogP contribution in [0.4, 0.5) is 0 Å². The number of piperidine rings is 1. The molecule has 1 saturated heterocycles. The van der Waals surface area contributed by atoms with Crippen LogP contribution in [0.2, 0.25) is 0 Å². The molecule has 0 saturated carbocycles. The van der Waals surface area contributed by atoms with Crippen LogP contribution in [0, 0.1) is 12.8 Å². The Morgan fingerprint density at radius 1 is 1.23 bits per heavy atom. The average molecular weight is 301 g/mol. The van der Waals surface area contributed by atoms with E-state index in [1.54, 1.807) is 23.4 Å². The maximum Gasteiger partial charge on any atom is 0.122 e. The predicted octanol–water partition coefficient (Wildman–Crippen LogP) is 1.77.